The van der Waals surface area contributed by atoms with Crippen LogP contribution in [0.2, 0.25) is 0 Å². The molecule has 21 heavy (non-hydrogen) atoms. The summed E-state index contributed by atoms with van der Waals surface area (Å²) in [5.41, 5.74) is 3.75. The Kier molecular flexibility index (Phi) is 4.59. The largest absolute Gasteiger partial charge is 0.508 e. The Bertz CT molecular complexity index is 714. The Morgan fingerprint density at radius 3 is 2.62 bits per heavy atom. The molecule has 0 radical (unpaired) electrons. The van der Waals surface area contributed by atoms with Crippen molar-refractivity contribution in [3.8, 4) is 11.5 Å². The zero-order valence-electron chi connectivity index (χ0n) is 11.2. The van der Waals surface area contributed by atoms with Crippen molar-refractivity contribution in [2.45, 2.75) is 6.92 Å². The number of rotatable bonds is 3. The molecule has 0 aliphatic heterocycles. The summed E-state index contributed by atoms with van der Waals surface area (Å²) in [6, 6.07) is 11.1. The number of benzene rings is 2. The van der Waals surface area contributed by atoms with E-state index in [9.17, 15) is 15.0 Å². The molecule has 0 unspecified atom stereocenters. The normalized spacial score (nSPS) is 11.2. The van der Waals surface area contributed by atoms with Gasteiger partial charge < -0.3 is 10.2 Å². The second kappa shape index (κ2) is 6.41. The fourth-order valence-electron chi connectivity index (χ4n) is 1.72. The third-order valence-corrected chi connectivity index (χ3v) is 3.28. The van der Waals surface area contributed by atoms with E-state index in [-0.39, 0.29) is 17.4 Å². The van der Waals surface area contributed by atoms with Gasteiger partial charge in [0, 0.05) is 21.7 Å². The van der Waals surface area contributed by atoms with Gasteiger partial charge in [-0.05, 0) is 37.3 Å². The van der Waals surface area contributed by atoms with Crippen molar-refractivity contribution < 1.29 is 15.0 Å². The maximum atomic E-state index is 11.9. The maximum absolute atomic E-state index is 11.9. The van der Waals surface area contributed by atoms with Crippen LogP contribution in [0.1, 0.15) is 22.8 Å². The highest BCUT2D eigenvalue weighted by atomic mass is 79.9. The Hall–Kier alpha value is -2.34. The van der Waals surface area contributed by atoms with E-state index >= 15 is 0 Å². The lowest BCUT2D eigenvalue weighted by molar-refractivity contribution is 0.0954. The molecule has 0 aliphatic carbocycles. The quantitative estimate of drug-likeness (QED) is 0.589. The fourth-order valence-corrected chi connectivity index (χ4v) is 2.11. The number of hydrogen-bond donors (Lipinski definition) is 3. The molecule has 0 saturated heterocycles. The SMILES string of the molecule is CC(=NNC(=O)c1cccc(Br)c1)c1ccc(O)cc1O. The zero-order chi connectivity index (χ0) is 15.4. The van der Waals surface area contributed by atoms with Crippen molar-refractivity contribution in [1.82, 2.24) is 5.43 Å². The monoisotopic (exact) mass is 348 g/mol. The summed E-state index contributed by atoms with van der Waals surface area (Å²) in [5, 5.41) is 22.9. The lowest BCUT2D eigenvalue weighted by atomic mass is 10.1. The van der Waals surface area contributed by atoms with Crippen LogP contribution >= 0.6 is 15.9 Å². The molecule has 0 saturated carbocycles. The van der Waals surface area contributed by atoms with Gasteiger partial charge in [-0.15, -0.1) is 0 Å². The van der Waals surface area contributed by atoms with Gasteiger partial charge in [0.15, 0.2) is 0 Å². The van der Waals surface area contributed by atoms with Gasteiger partial charge in [-0.2, -0.15) is 5.10 Å². The van der Waals surface area contributed by atoms with Gasteiger partial charge in [-0.3, -0.25) is 4.79 Å². The lowest BCUT2D eigenvalue weighted by Gasteiger charge is -2.05. The highest BCUT2D eigenvalue weighted by molar-refractivity contribution is 9.10. The van der Waals surface area contributed by atoms with Crippen molar-refractivity contribution in [2.24, 2.45) is 5.10 Å². The predicted molar refractivity (Wildman–Crippen MR) is 83.6 cm³/mol. The number of nitrogens with one attached hydrogen (secondary N) is 1. The highest BCUT2D eigenvalue weighted by Gasteiger charge is 2.08. The number of aromatic hydroxyl groups is 2. The van der Waals surface area contributed by atoms with Crippen LogP contribution in [0.3, 0.4) is 0 Å². The maximum Gasteiger partial charge on any atom is 0.271 e. The summed E-state index contributed by atoms with van der Waals surface area (Å²) >= 11 is 3.29. The van der Waals surface area contributed by atoms with Crippen molar-refractivity contribution in [3.63, 3.8) is 0 Å². The van der Waals surface area contributed by atoms with Gasteiger partial charge in [-0.25, -0.2) is 5.43 Å². The molecule has 108 valence electrons. The van der Waals surface area contributed by atoms with E-state index in [1.54, 1.807) is 25.1 Å². The molecule has 0 spiro atoms. The molecular weight excluding hydrogens is 336 g/mol. The minimum absolute atomic E-state index is 0.0396. The first kappa shape index (κ1) is 15.1. The van der Waals surface area contributed by atoms with Gasteiger partial charge in [0.2, 0.25) is 0 Å². The molecule has 0 atom stereocenters. The molecule has 0 heterocycles. The van der Waals surface area contributed by atoms with Crippen LogP contribution in [0.4, 0.5) is 0 Å². The van der Waals surface area contributed by atoms with Crippen LogP contribution < -0.4 is 5.43 Å². The summed E-state index contributed by atoms with van der Waals surface area (Å²) in [4.78, 5) is 11.9. The van der Waals surface area contributed by atoms with E-state index in [2.05, 4.69) is 26.5 Å². The van der Waals surface area contributed by atoms with E-state index in [0.717, 1.165) is 4.47 Å². The van der Waals surface area contributed by atoms with Gasteiger partial charge in [0.05, 0.1) is 5.71 Å². The molecule has 3 N–H and O–H groups in total. The smallest absolute Gasteiger partial charge is 0.271 e. The van der Waals surface area contributed by atoms with E-state index in [1.165, 1.54) is 18.2 Å². The fraction of sp³-hybridized carbons (Fsp3) is 0.0667. The number of amides is 1. The first-order valence-electron chi connectivity index (χ1n) is 6.10. The van der Waals surface area contributed by atoms with E-state index < -0.39 is 0 Å². The third-order valence-electron chi connectivity index (χ3n) is 2.78. The van der Waals surface area contributed by atoms with Crippen LogP contribution in [0.5, 0.6) is 11.5 Å². The van der Waals surface area contributed by atoms with Gasteiger partial charge in [-0.1, -0.05) is 22.0 Å². The Balaban J connectivity index is 2.15. The molecule has 0 fully saturated rings. The molecule has 6 heteroatoms. The molecule has 2 rings (SSSR count). The third kappa shape index (κ3) is 3.82. The molecule has 0 bridgehead atoms. The number of halogens is 1. The van der Waals surface area contributed by atoms with Gasteiger partial charge >= 0.3 is 0 Å². The van der Waals surface area contributed by atoms with Crippen molar-refractivity contribution in [1.29, 1.82) is 0 Å². The van der Waals surface area contributed by atoms with Crippen molar-refractivity contribution in [2.75, 3.05) is 0 Å². The number of carbonyl (C=O) groups is 1. The number of phenolic OH excluding ortho intramolecular Hbond substituents is 2. The minimum atomic E-state index is -0.353. The second-order valence-corrected chi connectivity index (χ2v) is 5.27. The summed E-state index contributed by atoms with van der Waals surface area (Å²) in [5.74, 6) is -0.496. The number of hydrazone groups is 1. The molecule has 2 aromatic rings. The predicted octanol–water partition coefficient (Wildman–Crippen LogP) is 3.01. The molecule has 0 aromatic heterocycles. The number of nitrogens with zero attached hydrogens (tertiary/aromatic N) is 1. The number of carbonyl (C=O) groups excluding carboxylic acids is 1. The number of phenols is 2. The summed E-state index contributed by atoms with van der Waals surface area (Å²) in [7, 11) is 0. The first-order chi connectivity index (χ1) is 9.97. The second-order valence-electron chi connectivity index (χ2n) is 4.35. The van der Waals surface area contributed by atoms with Crippen LogP contribution in [-0.2, 0) is 0 Å². The van der Waals surface area contributed by atoms with E-state index in [0.29, 0.717) is 16.8 Å². The van der Waals surface area contributed by atoms with E-state index in [4.69, 9.17) is 0 Å². The van der Waals surface area contributed by atoms with Crippen LogP contribution in [0, 0.1) is 0 Å². The van der Waals surface area contributed by atoms with Gasteiger partial charge in [0.25, 0.3) is 5.91 Å². The Morgan fingerprint density at radius 1 is 1.19 bits per heavy atom. The average Bonchev–Trinajstić information content (AvgIpc) is 2.44. The molecule has 1 amide bonds. The number of hydrogen-bond acceptors (Lipinski definition) is 4. The molecule has 0 aliphatic rings. The van der Waals surface area contributed by atoms with Crippen molar-refractivity contribution in [3.05, 3.63) is 58.1 Å². The summed E-state index contributed by atoms with van der Waals surface area (Å²) < 4.78 is 0.798. The molecular formula is C15H13BrN2O3. The van der Waals surface area contributed by atoms with Crippen LogP contribution in [-0.4, -0.2) is 21.8 Å². The summed E-state index contributed by atoms with van der Waals surface area (Å²) in [6.07, 6.45) is 0. The Labute approximate surface area is 130 Å². The minimum Gasteiger partial charge on any atom is -0.508 e. The summed E-state index contributed by atoms with van der Waals surface area (Å²) in [6.45, 7) is 1.65. The lowest BCUT2D eigenvalue weighted by Crippen LogP contribution is -2.19. The molecule has 2 aromatic carbocycles. The highest BCUT2D eigenvalue weighted by Crippen LogP contribution is 2.23. The van der Waals surface area contributed by atoms with Crippen LogP contribution in [0.15, 0.2) is 52.0 Å². The standard InChI is InChI=1S/C15H13BrN2O3/c1-9(13-6-5-12(19)8-14(13)20)17-18-15(21)10-3-2-4-11(16)7-10/h2-8,19-20H,1H3,(H,18,21). The Morgan fingerprint density at radius 2 is 1.95 bits per heavy atom. The van der Waals surface area contributed by atoms with E-state index in [1.807, 2.05) is 6.07 Å². The van der Waals surface area contributed by atoms with Crippen molar-refractivity contribution >= 4 is 27.5 Å². The first-order valence-corrected chi connectivity index (χ1v) is 6.89. The zero-order valence-corrected chi connectivity index (χ0v) is 12.8. The molecule has 5 nitrogen and oxygen atoms in total. The average molecular weight is 349 g/mol. The van der Waals surface area contributed by atoms with Crippen LogP contribution in [0.25, 0.3) is 0 Å². The topological polar surface area (TPSA) is 81.9 Å². The van der Waals surface area contributed by atoms with Gasteiger partial charge in [0.1, 0.15) is 11.5 Å².